The number of hydrogen-bond donors (Lipinski definition) is 1. The van der Waals surface area contributed by atoms with Gasteiger partial charge in [-0.2, -0.15) is 0 Å². The van der Waals surface area contributed by atoms with Crippen molar-refractivity contribution in [1.82, 2.24) is 20.1 Å². The molecule has 1 aromatic heterocycles. The first-order valence-corrected chi connectivity index (χ1v) is 15.5. The van der Waals surface area contributed by atoms with Crippen LogP contribution in [0.3, 0.4) is 0 Å². The highest BCUT2D eigenvalue weighted by Gasteiger charge is 2.25. The quantitative estimate of drug-likeness (QED) is 0.283. The van der Waals surface area contributed by atoms with Crippen LogP contribution in [0, 0.1) is 5.92 Å². The molecule has 2 fully saturated rings. The average molecular weight is 576 g/mol. The van der Waals surface area contributed by atoms with E-state index in [0.717, 1.165) is 87.9 Å². The van der Waals surface area contributed by atoms with Gasteiger partial charge in [-0.3, -0.25) is 14.6 Å². The fraction of sp³-hybridized carbons (Fsp3) is 0.515. The molecule has 9 heteroatoms. The Bertz CT molecular complexity index is 1150. The number of aromatic nitrogens is 1. The Hall–Kier alpha value is -3.88. The lowest BCUT2D eigenvalue weighted by molar-refractivity contribution is -0.116. The van der Waals surface area contributed by atoms with Crippen LogP contribution in [0.1, 0.15) is 67.8 Å². The molecule has 0 aliphatic carbocycles. The van der Waals surface area contributed by atoms with E-state index in [4.69, 9.17) is 4.74 Å². The molecule has 1 N–H and O–H groups in total. The minimum absolute atomic E-state index is 0.0824. The zero-order valence-electron chi connectivity index (χ0n) is 24.9. The fourth-order valence-electron chi connectivity index (χ4n) is 5.44. The number of pyridine rings is 1. The van der Waals surface area contributed by atoms with Gasteiger partial charge in [0.25, 0.3) is 5.91 Å². The Morgan fingerprint density at radius 1 is 0.952 bits per heavy atom. The molecule has 0 radical (unpaired) electrons. The molecule has 1 aromatic carbocycles. The van der Waals surface area contributed by atoms with Gasteiger partial charge in [-0.15, -0.1) is 0 Å². The first-order valence-electron chi connectivity index (χ1n) is 15.5. The standard InChI is InChI=1S/C33H45N5O4/c1-2-3-25-42-33(41)38-23-21-36(22-24-38)30-12-10-29(11-13-30)32(40)37-19-15-27(16-20-37)7-4-5-18-35-31(39)14-9-28-8-6-17-34-26-28/h6,8-14,17,26-27H,2-5,7,15-16,18-25H2,1H3,(H,35,39)/b14-9+. The van der Waals surface area contributed by atoms with E-state index in [9.17, 15) is 14.4 Å². The van der Waals surface area contributed by atoms with Gasteiger partial charge in [0.2, 0.25) is 5.91 Å². The Labute approximate surface area is 249 Å². The van der Waals surface area contributed by atoms with Crippen LogP contribution in [0.2, 0.25) is 0 Å². The van der Waals surface area contributed by atoms with Crippen LogP contribution in [-0.2, 0) is 9.53 Å². The highest BCUT2D eigenvalue weighted by Crippen LogP contribution is 2.25. The smallest absolute Gasteiger partial charge is 0.409 e. The van der Waals surface area contributed by atoms with E-state index in [1.807, 2.05) is 41.3 Å². The van der Waals surface area contributed by atoms with Crippen LogP contribution < -0.4 is 10.2 Å². The zero-order chi connectivity index (χ0) is 29.6. The third-order valence-corrected chi connectivity index (χ3v) is 8.09. The van der Waals surface area contributed by atoms with Gasteiger partial charge < -0.3 is 24.8 Å². The topological polar surface area (TPSA) is 95.1 Å². The van der Waals surface area contributed by atoms with Crippen molar-refractivity contribution in [2.45, 2.75) is 51.9 Å². The lowest BCUT2D eigenvalue weighted by atomic mass is 9.91. The SMILES string of the molecule is CCCCOC(=O)N1CCN(c2ccc(C(=O)N3CCC(CCCCNC(=O)/C=C/c4cccnc4)CC3)cc2)CC1. The average Bonchev–Trinajstić information content (AvgIpc) is 3.04. The molecule has 0 saturated carbocycles. The number of piperazine rings is 1. The largest absolute Gasteiger partial charge is 0.449 e. The molecule has 3 heterocycles. The molecule has 0 unspecified atom stereocenters. The number of hydrogen-bond acceptors (Lipinski definition) is 6. The van der Waals surface area contributed by atoms with Gasteiger partial charge in [-0.25, -0.2) is 4.79 Å². The summed E-state index contributed by atoms with van der Waals surface area (Å²) in [4.78, 5) is 47.4. The summed E-state index contributed by atoms with van der Waals surface area (Å²) in [6.07, 6.45) is 13.6. The first kappa shape index (κ1) is 31.1. The van der Waals surface area contributed by atoms with E-state index >= 15 is 0 Å². The predicted molar refractivity (Wildman–Crippen MR) is 165 cm³/mol. The predicted octanol–water partition coefficient (Wildman–Crippen LogP) is 4.99. The summed E-state index contributed by atoms with van der Waals surface area (Å²) < 4.78 is 5.33. The van der Waals surface area contributed by atoms with Crippen molar-refractivity contribution in [1.29, 1.82) is 0 Å². The number of ether oxygens (including phenoxy) is 1. The Balaban J connectivity index is 1.10. The number of carbonyl (C=O) groups is 3. The van der Waals surface area contributed by atoms with Crippen LogP contribution in [0.15, 0.2) is 54.9 Å². The third-order valence-electron chi connectivity index (χ3n) is 8.09. The van der Waals surface area contributed by atoms with E-state index in [1.54, 1.807) is 29.4 Å². The number of nitrogens with zero attached hydrogens (tertiary/aromatic N) is 4. The second kappa shape index (κ2) is 16.5. The van der Waals surface area contributed by atoms with E-state index in [2.05, 4.69) is 22.1 Å². The second-order valence-corrected chi connectivity index (χ2v) is 11.1. The molecule has 226 valence electrons. The van der Waals surface area contributed by atoms with Gasteiger partial charge in [0.05, 0.1) is 6.61 Å². The molecule has 2 saturated heterocycles. The van der Waals surface area contributed by atoms with Crippen molar-refractivity contribution in [2.75, 3.05) is 57.3 Å². The maximum absolute atomic E-state index is 13.1. The number of likely N-dealkylation sites (tertiary alicyclic amines) is 1. The van der Waals surface area contributed by atoms with Gasteiger partial charge in [-0.1, -0.05) is 32.3 Å². The number of benzene rings is 1. The summed E-state index contributed by atoms with van der Waals surface area (Å²) in [6.45, 7) is 7.59. The van der Waals surface area contributed by atoms with Crippen molar-refractivity contribution in [3.05, 3.63) is 66.0 Å². The highest BCUT2D eigenvalue weighted by molar-refractivity contribution is 5.94. The summed E-state index contributed by atoms with van der Waals surface area (Å²) in [7, 11) is 0. The third kappa shape index (κ3) is 9.60. The van der Waals surface area contributed by atoms with Crippen LogP contribution in [0.5, 0.6) is 0 Å². The van der Waals surface area contributed by atoms with Crippen LogP contribution in [0.25, 0.3) is 6.08 Å². The molecule has 0 spiro atoms. The summed E-state index contributed by atoms with van der Waals surface area (Å²) in [5, 5.41) is 2.95. The molecule has 0 bridgehead atoms. The van der Waals surface area contributed by atoms with Gasteiger partial charge in [0.1, 0.15) is 0 Å². The van der Waals surface area contributed by atoms with Gasteiger partial charge in [0, 0.05) is 75.5 Å². The van der Waals surface area contributed by atoms with E-state index in [1.165, 1.54) is 0 Å². The van der Waals surface area contributed by atoms with Crippen molar-refractivity contribution in [3.63, 3.8) is 0 Å². The van der Waals surface area contributed by atoms with E-state index in [-0.39, 0.29) is 17.9 Å². The van der Waals surface area contributed by atoms with Crippen molar-refractivity contribution < 1.29 is 19.1 Å². The molecule has 4 rings (SSSR count). The van der Waals surface area contributed by atoms with Crippen molar-refractivity contribution >= 4 is 29.7 Å². The fourth-order valence-corrected chi connectivity index (χ4v) is 5.44. The Morgan fingerprint density at radius 2 is 1.71 bits per heavy atom. The summed E-state index contributed by atoms with van der Waals surface area (Å²) in [5.41, 5.74) is 2.70. The van der Waals surface area contributed by atoms with E-state index < -0.39 is 0 Å². The second-order valence-electron chi connectivity index (χ2n) is 11.1. The normalized spacial score (nSPS) is 16.1. The number of amides is 3. The maximum Gasteiger partial charge on any atom is 0.409 e. The number of anilines is 1. The molecule has 9 nitrogen and oxygen atoms in total. The number of carbonyl (C=O) groups excluding carboxylic acids is 3. The summed E-state index contributed by atoms with van der Waals surface area (Å²) >= 11 is 0. The molecular formula is C33H45N5O4. The number of nitrogens with one attached hydrogen (secondary N) is 1. The lowest BCUT2D eigenvalue weighted by Crippen LogP contribution is -2.49. The number of unbranched alkanes of at least 4 members (excludes halogenated alkanes) is 2. The van der Waals surface area contributed by atoms with Crippen molar-refractivity contribution in [3.8, 4) is 0 Å². The molecular weight excluding hydrogens is 530 g/mol. The van der Waals surface area contributed by atoms with Gasteiger partial charge >= 0.3 is 6.09 Å². The summed E-state index contributed by atoms with van der Waals surface area (Å²) in [5.74, 6) is 0.642. The minimum Gasteiger partial charge on any atom is -0.449 e. The van der Waals surface area contributed by atoms with Crippen LogP contribution >= 0.6 is 0 Å². The van der Waals surface area contributed by atoms with Gasteiger partial charge in [0.15, 0.2) is 0 Å². The van der Waals surface area contributed by atoms with Crippen molar-refractivity contribution in [2.24, 2.45) is 5.92 Å². The monoisotopic (exact) mass is 575 g/mol. The molecule has 2 aliphatic rings. The zero-order valence-corrected chi connectivity index (χ0v) is 24.9. The number of piperidine rings is 1. The Morgan fingerprint density at radius 3 is 2.40 bits per heavy atom. The molecule has 3 amide bonds. The maximum atomic E-state index is 13.1. The molecule has 2 aromatic rings. The first-order chi connectivity index (χ1) is 20.5. The minimum atomic E-state index is -0.220. The molecule has 2 aliphatic heterocycles. The van der Waals surface area contributed by atoms with Crippen LogP contribution in [0.4, 0.5) is 10.5 Å². The van der Waals surface area contributed by atoms with Gasteiger partial charge in [-0.05, 0) is 73.6 Å². The highest BCUT2D eigenvalue weighted by atomic mass is 16.6. The molecule has 0 atom stereocenters. The van der Waals surface area contributed by atoms with Crippen LogP contribution in [-0.4, -0.2) is 85.1 Å². The van der Waals surface area contributed by atoms with E-state index in [0.29, 0.717) is 32.2 Å². The summed E-state index contributed by atoms with van der Waals surface area (Å²) in [6, 6.07) is 11.6. The lowest BCUT2D eigenvalue weighted by Gasteiger charge is -2.35. The molecule has 42 heavy (non-hydrogen) atoms. The Kier molecular flexibility index (Phi) is 12.2. The number of rotatable bonds is 12.